The second-order valence-corrected chi connectivity index (χ2v) is 7.24. The van der Waals surface area contributed by atoms with Gasteiger partial charge in [0.05, 0.1) is 19.1 Å². The Balaban J connectivity index is 3.50. The monoisotopic (exact) mass is 287 g/mol. The van der Waals surface area contributed by atoms with Gasteiger partial charge < -0.3 is 15.2 Å². The topological polar surface area (TPSA) is 78.6 Å². The van der Waals surface area contributed by atoms with E-state index in [0.29, 0.717) is 23.5 Å². The summed E-state index contributed by atoms with van der Waals surface area (Å²) in [5.41, 5.74) is 6.09. The van der Waals surface area contributed by atoms with Gasteiger partial charge in [0.15, 0.2) is 21.3 Å². The van der Waals surface area contributed by atoms with Gasteiger partial charge in [-0.05, 0) is 31.9 Å². The minimum Gasteiger partial charge on any atom is -0.493 e. The molecule has 0 aliphatic carbocycles. The number of ether oxygens (including phenoxy) is 2. The lowest BCUT2D eigenvalue weighted by Crippen LogP contribution is -2.34. The van der Waals surface area contributed by atoms with Crippen molar-refractivity contribution in [3.05, 3.63) is 17.7 Å². The molecule has 6 heteroatoms. The van der Waals surface area contributed by atoms with Crippen molar-refractivity contribution in [2.45, 2.75) is 30.7 Å². The van der Waals surface area contributed by atoms with Crippen LogP contribution >= 0.6 is 0 Å². The van der Waals surface area contributed by atoms with E-state index in [1.807, 2.05) is 13.8 Å². The summed E-state index contributed by atoms with van der Waals surface area (Å²) in [6.07, 6.45) is 1.59. The van der Waals surface area contributed by atoms with Crippen LogP contribution in [0.25, 0.3) is 0 Å². The van der Waals surface area contributed by atoms with E-state index in [4.69, 9.17) is 15.2 Å². The molecule has 0 aliphatic rings. The van der Waals surface area contributed by atoms with E-state index in [2.05, 4.69) is 0 Å². The maximum Gasteiger partial charge on any atom is 0.175 e. The minimum absolute atomic E-state index is 0.226. The number of hydrogen-bond acceptors (Lipinski definition) is 5. The second kappa shape index (κ2) is 5.38. The number of nitrogens with two attached hydrogens (primary N) is 1. The highest BCUT2D eigenvalue weighted by Crippen LogP contribution is 2.34. The van der Waals surface area contributed by atoms with E-state index in [1.54, 1.807) is 6.07 Å². The molecule has 0 saturated carbocycles. The van der Waals surface area contributed by atoms with Crippen LogP contribution in [0.2, 0.25) is 0 Å². The van der Waals surface area contributed by atoms with Gasteiger partial charge in [0.2, 0.25) is 0 Å². The summed E-state index contributed by atoms with van der Waals surface area (Å²) < 4.78 is 34.1. The number of rotatable bonds is 5. The highest BCUT2D eigenvalue weighted by Gasteiger charge is 2.22. The lowest BCUT2D eigenvalue weighted by atomic mass is 9.96. The summed E-state index contributed by atoms with van der Waals surface area (Å²) in [5.74, 6) is 0.885. The van der Waals surface area contributed by atoms with Crippen molar-refractivity contribution in [2.75, 3.05) is 20.5 Å². The number of benzene rings is 1. The molecule has 2 N–H and O–H groups in total. The lowest BCUT2D eigenvalue weighted by Gasteiger charge is -2.21. The Bertz CT molecular complexity index is 559. The van der Waals surface area contributed by atoms with E-state index in [-0.39, 0.29) is 4.90 Å². The van der Waals surface area contributed by atoms with Crippen molar-refractivity contribution in [3.63, 3.8) is 0 Å². The number of hydrogen-bond donors (Lipinski definition) is 1. The van der Waals surface area contributed by atoms with Crippen molar-refractivity contribution in [2.24, 2.45) is 5.73 Å². The fourth-order valence-corrected chi connectivity index (χ4v) is 2.81. The Kier molecular flexibility index (Phi) is 4.47. The van der Waals surface area contributed by atoms with Gasteiger partial charge >= 0.3 is 0 Å². The average Bonchev–Trinajstić information content (AvgIpc) is 2.24. The van der Waals surface area contributed by atoms with Gasteiger partial charge in [-0.2, -0.15) is 0 Å². The van der Waals surface area contributed by atoms with Gasteiger partial charge in [0, 0.05) is 17.9 Å². The van der Waals surface area contributed by atoms with Crippen LogP contribution in [0, 0.1) is 0 Å². The van der Waals surface area contributed by atoms with Gasteiger partial charge in [0.25, 0.3) is 0 Å². The van der Waals surface area contributed by atoms with Crippen molar-refractivity contribution in [3.8, 4) is 11.5 Å². The molecule has 5 nitrogen and oxygen atoms in total. The summed E-state index contributed by atoms with van der Waals surface area (Å²) >= 11 is 0. The first-order chi connectivity index (χ1) is 8.58. The predicted octanol–water partition coefficient (Wildman–Crippen LogP) is 1.39. The van der Waals surface area contributed by atoms with Crippen LogP contribution < -0.4 is 15.2 Å². The third-order valence-electron chi connectivity index (χ3n) is 2.61. The summed E-state index contributed by atoms with van der Waals surface area (Å²) in [4.78, 5) is 0.226. The summed E-state index contributed by atoms with van der Waals surface area (Å²) in [6, 6.07) is 3.15. The Morgan fingerprint density at radius 1 is 1.16 bits per heavy atom. The molecular weight excluding hydrogens is 266 g/mol. The molecule has 1 aromatic rings. The molecule has 0 spiro atoms. The van der Waals surface area contributed by atoms with E-state index in [1.165, 1.54) is 26.5 Å². The van der Waals surface area contributed by atoms with E-state index in [9.17, 15) is 8.42 Å². The molecule has 0 atom stereocenters. The highest BCUT2D eigenvalue weighted by molar-refractivity contribution is 7.90. The van der Waals surface area contributed by atoms with Crippen LogP contribution in [-0.2, 0) is 16.3 Å². The third-order valence-corrected chi connectivity index (χ3v) is 3.79. The Labute approximate surface area is 114 Å². The molecule has 108 valence electrons. The van der Waals surface area contributed by atoms with Crippen molar-refractivity contribution in [1.29, 1.82) is 0 Å². The predicted molar refractivity (Wildman–Crippen MR) is 74.6 cm³/mol. The molecule has 0 aliphatic heterocycles. The molecule has 0 heterocycles. The van der Waals surface area contributed by atoms with Crippen molar-refractivity contribution < 1.29 is 17.9 Å². The zero-order chi connectivity index (χ0) is 14.8. The maximum atomic E-state index is 11.9. The quantitative estimate of drug-likeness (QED) is 0.885. The van der Waals surface area contributed by atoms with E-state index < -0.39 is 15.4 Å². The van der Waals surface area contributed by atoms with E-state index in [0.717, 1.165) is 0 Å². The zero-order valence-electron chi connectivity index (χ0n) is 12.0. The third kappa shape index (κ3) is 4.11. The summed E-state index contributed by atoms with van der Waals surface area (Å²) in [6.45, 7) is 3.69. The van der Waals surface area contributed by atoms with Gasteiger partial charge in [0.1, 0.15) is 0 Å². The first-order valence-electron chi connectivity index (χ1n) is 5.82. The maximum absolute atomic E-state index is 11.9. The Hall–Kier alpha value is -1.27. The largest absolute Gasteiger partial charge is 0.493 e. The van der Waals surface area contributed by atoms with Crippen LogP contribution in [0.15, 0.2) is 17.0 Å². The van der Waals surface area contributed by atoms with E-state index >= 15 is 0 Å². The molecule has 0 aromatic heterocycles. The molecule has 1 rings (SSSR count). The van der Waals surface area contributed by atoms with Gasteiger partial charge in [-0.1, -0.05) is 0 Å². The van der Waals surface area contributed by atoms with Gasteiger partial charge in [-0.25, -0.2) is 8.42 Å². The first-order valence-corrected chi connectivity index (χ1v) is 7.71. The molecule has 0 saturated heterocycles. The van der Waals surface area contributed by atoms with Gasteiger partial charge in [-0.3, -0.25) is 0 Å². The van der Waals surface area contributed by atoms with Crippen molar-refractivity contribution in [1.82, 2.24) is 0 Å². The second-order valence-electron chi connectivity index (χ2n) is 5.25. The van der Waals surface area contributed by atoms with Crippen LogP contribution in [0.4, 0.5) is 0 Å². The molecule has 0 amide bonds. The molecule has 1 aromatic carbocycles. The smallest absolute Gasteiger partial charge is 0.175 e. The number of sulfone groups is 1. The van der Waals surface area contributed by atoms with Crippen LogP contribution in [0.1, 0.15) is 19.4 Å². The molecule has 0 unspecified atom stereocenters. The average molecular weight is 287 g/mol. The summed E-state index contributed by atoms with van der Waals surface area (Å²) in [5, 5.41) is 0. The molecule has 0 radical (unpaired) electrons. The SMILES string of the molecule is COc1cc(CC(C)(C)N)c(S(C)(=O)=O)cc1OC. The van der Waals surface area contributed by atoms with Crippen LogP contribution in [0.3, 0.4) is 0 Å². The van der Waals surface area contributed by atoms with Crippen LogP contribution in [-0.4, -0.2) is 34.4 Å². The fraction of sp³-hybridized carbons (Fsp3) is 0.538. The van der Waals surface area contributed by atoms with Gasteiger partial charge in [-0.15, -0.1) is 0 Å². The fourth-order valence-electron chi connectivity index (χ4n) is 1.88. The molecule has 0 fully saturated rings. The highest BCUT2D eigenvalue weighted by atomic mass is 32.2. The summed E-state index contributed by atoms with van der Waals surface area (Å²) in [7, 11) is -0.377. The molecule has 19 heavy (non-hydrogen) atoms. The molecular formula is C13H21NO4S. The normalized spacial score (nSPS) is 12.3. The minimum atomic E-state index is -3.35. The molecule has 0 bridgehead atoms. The lowest BCUT2D eigenvalue weighted by molar-refractivity contribution is 0.352. The van der Waals surface area contributed by atoms with Crippen molar-refractivity contribution >= 4 is 9.84 Å². The first kappa shape index (κ1) is 15.8. The Morgan fingerprint density at radius 2 is 1.63 bits per heavy atom. The Morgan fingerprint density at radius 3 is 2.00 bits per heavy atom. The number of methoxy groups -OCH3 is 2. The zero-order valence-corrected chi connectivity index (χ0v) is 12.8. The standard InChI is InChI=1S/C13H21NO4S/c1-13(2,14)8-9-6-10(17-3)11(18-4)7-12(9)19(5,15)16/h6-7H,8,14H2,1-5H3. The van der Waals surface area contributed by atoms with Crippen LogP contribution in [0.5, 0.6) is 11.5 Å².